The van der Waals surface area contributed by atoms with Crippen LogP contribution in [0.3, 0.4) is 0 Å². The van der Waals surface area contributed by atoms with Crippen LogP contribution in [0.2, 0.25) is 0 Å². The van der Waals surface area contributed by atoms with Gasteiger partial charge in [-0.15, -0.1) is 0 Å². The number of carbonyl (C=O) groups is 1. The molecule has 1 aliphatic carbocycles. The molecule has 7 heteroatoms. The largest absolute Gasteiger partial charge is 0.348 e. The standard InChI is InChI=1S/C24H27N3O3S/c1-31(29,30)23(15-18-9-4-2-5-10-18)24(28)26-21-13-8-14-22-20(21)16-25-27(22)17-19-11-6-3-7-12-19/h2-7,9-12,16,21,23H,8,13-15,17H2,1H3,(H,26,28). The second-order valence-electron chi connectivity index (χ2n) is 8.15. The highest BCUT2D eigenvalue weighted by molar-refractivity contribution is 7.92. The number of fused-ring (bicyclic) bond motifs is 1. The fourth-order valence-electron chi connectivity index (χ4n) is 4.19. The number of nitrogens with zero attached hydrogens (tertiary/aromatic N) is 2. The van der Waals surface area contributed by atoms with E-state index in [9.17, 15) is 13.2 Å². The number of sulfone groups is 1. The lowest BCUT2D eigenvalue weighted by molar-refractivity contribution is -0.121. The number of hydrogen-bond donors (Lipinski definition) is 1. The third-order valence-corrected chi connectivity index (χ3v) is 7.24. The third-order valence-electron chi connectivity index (χ3n) is 5.83. The molecule has 2 atom stereocenters. The van der Waals surface area contributed by atoms with E-state index in [2.05, 4.69) is 22.5 Å². The van der Waals surface area contributed by atoms with Gasteiger partial charge in [-0.25, -0.2) is 8.42 Å². The lowest BCUT2D eigenvalue weighted by atomic mass is 9.92. The van der Waals surface area contributed by atoms with Crippen LogP contribution in [0.25, 0.3) is 0 Å². The number of amides is 1. The van der Waals surface area contributed by atoms with Crippen molar-refractivity contribution >= 4 is 15.7 Å². The summed E-state index contributed by atoms with van der Waals surface area (Å²) in [6.45, 7) is 0.677. The fraction of sp³-hybridized carbons (Fsp3) is 0.333. The number of benzene rings is 2. The van der Waals surface area contributed by atoms with Gasteiger partial charge in [-0.1, -0.05) is 60.7 Å². The Labute approximate surface area is 183 Å². The number of nitrogens with one attached hydrogen (secondary N) is 1. The summed E-state index contributed by atoms with van der Waals surface area (Å²) >= 11 is 0. The molecule has 1 aromatic heterocycles. The molecule has 6 nitrogen and oxygen atoms in total. The summed E-state index contributed by atoms with van der Waals surface area (Å²) in [6.07, 6.45) is 5.70. The SMILES string of the molecule is CS(=O)(=O)C(Cc1ccccc1)C(=O)NC1CCCc2c1cnn2Cc1ccccc1. The van der Waals surface area contributed by atoms with Crippen molar-refractivity contribution in [3.8, 4) is 0 Å². The maximum absolute atomic E-state index is 13.1. The van der Waals surface area contributed by atoms with Gasteiger partial charge in [-0.3, -0.25) is 9.48 Å². The van der Waals surface area contributed by atoms with Gasteiger partial charge in [0, 0.05) is 17.5 Å². The first-order chi connectivity index (χ1) is 14.9. The van der Waals surface area contributed by atoms with Crippen molar-refractivity contribution in [3.05, 3.63) is 89.2 Å². The van der Waals surface area contributed by atoms with Gasteiger partial charge >= 0.3 is 0 Å². The Morgan fingerprint density at radius 1 is 1.10 bits per heavy atom. The number of aromatic nitrogens is 2. The van der Waals surface area contributed by atoms with Crippen molar-refractivity contribution in [1.29, 1.82) is 0 Å². The van der Waals surface area contributed by atoms with Gasteiger partial charge in [0.05, 0.1) is 18.8 Å². The number of carbonyl (C=O) groups excluding carboxylic acids is 1. The average molecular weight is 438 g/mol. The quantitative estimate of drug-likeness (QED) is 0.616. The number of hydrogen-bond acceptors (Lipinski definition) is 4. The van der Waals surface area contributed by atoms with Crippen LogP contribution in [0.15, 0.2) is 66.9 Å². The predicted molar refractivity (Wildman–Crippen MR) is 120 cm³/mol. The Bertz CT molecular complexity index is 1140. The summed E-state index contributed by atoms with van der Waals surface area (Å²) in [5.74, 6) is -0.444. The topological polar surface area (TPSA) is 81.1 Å². The molecule has 162 valence electrons. The van der Waals surface area contributed by atoms with Gasteiger partial charge < -0.3 is 5.32 Å². The first kappa shape index (κ1) is 21.3. The normalized spacial score (nSPS) is 17.0. The molecule has 2 unspecified atom stereocenters. The van der Waals surface area contributed by atoms with Crippen molar-refractivity contribution in [1.82, 2.24) is 15.1 Å². The first-order valence-electron chi connectivity index (χ1n) is 10.5. The van der Waals surface area contributed by atoms with Crippen LogP contribution in [0.4, 0.5) is 0 Å². The summed E-state index contributed by atoms with van der Waals surface area (Å²) in [5.41, 5.74) is 4.09. The maximum Gasteiger partial charge on any atom is 0.239 e. The summed E-state index contributed by atoms with van der Waals surface area (Å²) < 4.78 is 26.8. The second kappa shape index (κ2) is 9.06. The van der Waals surface area contributed by atoms with Crippen LogP contribution in [-0.2, 0) is 34.0 Å². The van der Waals surface area contributed by atoms with Crippen LogP contribution >= 0.6 is 0 Å². The van der Waals surface area contributed by atoms with Gasteiger partial charge in [0.15, 0.2) is 9.84 Å². The summed E-state index contributed by atoms with van der Waals surface area (Å²) in [4.78, 5) is 13.1. The molecule has 3 aromatic rings. The molecule has 1 N–H and O–H groups in total. The van der Waals surface area contributed by atoms with E-state index in [-0.39, 0.29) is 12.5 Å². The molecule has 1 aliphatic rings. The van der Waals surface area contributed by atoms with Crippen LogP contribution in [0.5, 0.6) is 0 Å². The molecule has 0 radical (unpaired) electrons. The Morgan fingerprint density at radius 2 is 1.74 bits per heavy atom. The average Bonchev–Trinajstić information content (AvgIpc) is 3.16. The van der Waals surface area contributed by atoms with E-state index in [0.29, 0.717) is 6.54 Å². The minimum Gasteiger partial charge on any atom is -0.348 e. The minimum absolute atomic E-state index is 0.165. The van der Waals surface area contributed by atoms with Gasteiger partial charge in [0.1, 0.15) is 5.25 Å². The molecule has 2 aromatic carbocycles. The fourth-order valence-corrected chi connectivity index (χ4v) is 5.14. The van der Waals surface area contributed by atoms with E-state index < -0.39 is 21.0 Å². The molecule has 1 heterocycles. The lowest BCUT2D eigenvalue weighted by Gasteiger charge is -2.26. The van der Waals surface area contributed by atoms with Crippen LogP contribution < -0.4 is 5.32 Å². The van der Waals surface area contributed by atoms with E-state index in [1.54, 1.807) is 0 Å². The highest BCUT2D eigenvalue weighted by atomic mass is 32.2. The molecule has 0 fully saturated rings. The molecule has 4 rings (SSSR count). The zero-order valence-electron chi connectivity index (χ0n) is 17.6. The monoisotopic (exact) mass is 437 g/mol. The van der Waals surface area contributed by atoms with Crippen LogP contribution in [0.1, 0.15) is 41.3 Å². The Morgan fingerprint density at radius 3 is 2.39 bits per heavy atom. The van der Waals surface area contributed by atoms with E-state index in [4.69, 9.17) is 0 Å². The summed E-state index contributed by atoms with van der Waals surface area (Å²) in [7, 11) is -3.56. The highest BCUT2D eigenvalue weighted by Crippen LogP contribution is 2.30. The van der Waals surface area contributed by atoms with Gasteiger partial charge in [0.25, 0.3) is 0 Å². The predicted octanol–water partition coefficient (Wildman–Crippen LogP) is 3.08. The Hall–Kier alpha value is -2.93. The molecule has 0 aliphatic heterocycles. The molecule has 0 saturated carbocycles. The van der Waals surface area contributed by atoms with Crippen molar-refractivity contribution in [3.63, 3.8) is 0 Å². The molecule has 0 bridgehead atoms. The minimum atomic E-state index is -3.56. The van der Waals surface area contributed by atoms with Gasteiger partial charge in [0.2, 0.25) is 5.91 Å². The van der Waals surface area contributed by atoms with Crippen molar-refractivity contribution in [2.75, 3.05) is 6.26 Å². The van der Waals surface area contributed by atoms with E-state index in [1.165, 1.54) is 5.56 Å². The molecule has 1 amide bonds. The first-order valence-corrected chi connectivity index (χ1v) is 12.5. The van der Waals surface area contributed by atoms with E-state index in [1.807, 2.05) is 59.4 Å². The van der Waals surface area contributed by atoms with Crippen LogP contribution in [0, 0.1) is 0 Å². The van der Waals surface area contributed by atoms with E-state index in [0.717, 1.165) is 42.3 Å². The maximum atomic E-state index is 13.1. The zero-order chi connectivity index (χ0) is 21.8. The van der Waals surface area contributed by atoms with Crippen LogP contribution in [-0.4, -0.2) is 35.6 Å². The summed E-state index contributed by atoms with van der Waals surface area (Å²) in [6, 6.07) is 19.2. The van der Waals surface area contributed by atoms with Crippen molar-refractivity contribution < 1.29 is 13.2 Å². The molecule has 31 heavy (non-hydrogen) atoms. The zero-order valence-corrected chi connectivity index (χ0v) is 18.4. The number of rotatable bonds is 7. The van der Waals surface area contributed by atoms with Crippen molar-refractivity contribution in [2.45, 2.75) is 43.5 Å². The smallest absolute Gasteiger partial charge is 0.239 e. The van der Waals surface area contributed by atoms with Gasteiger partial charge in [-0.2, -0.15) is 5.10 Å². The Kier molecular flexibility index (Phi) is 6.23. The Balaban J connectivity index is 1.52. The third kappa shape index (κ3) is 5.05. The lowest BCUT2D eigenvalue weighted by Crippen LogP contribution is -2.43. The summed E-state index contributed by atoms with van der Waals surface area (Å²) in [5, 5.41) is 6.46. The van der Waals surface area contributed by atoms with Crippen molar-refractivity contribution in [2.24, 2.45) is 0 Å². The molecular weight excluding hydrogens is 410 g/mol. The van der Waals surface area contributed by atoms with E-state index >= 15 is 0 Å². The molecular formula is C24H27N3O3S. The highest BCUT2D eigenvalue weighted by Gasteiger charge is 2.33. The molecule has 0 saturated heterocycles. The second-order valence-corrected chi connectivity index (χ2v) is 10.4. The molecule has 0 spiro atoms. The van der Waals surface area contributed by atoms with Gasteiger partial charge in [-0.05, 0) is 36.8 Å².